The van der Waals surface area contributed by atoms with Crippen molar-refractivity contribution < 1.29 is 8.78 Å². The fraction of sp³-hybridized carbons (Fsp3) is 0.500. The molecular weight excluding hydrogens is 475 g/mol. The van der Waals surface area contributed by atoms with Crippen molar-refractivity contribution >= 4 is 29.9 Å². The van der Waals surface area contributed by atoms with Gasteiger partial charge in [0.25, 0.3) is 0 Å². The van der Waals surface area contributed by atoms with Gasteiger partial charge in [-0.05, 0) is 32.8 Å². The molecule has 1 aromatic carbocycles. The fourth-order valence-corrected chi connectivity index (χ4v) is 3.19. The summed E-state index contributed by atoms with van der Waals surface area (Å²) in [5, 5.41) is 11.0. The van der Waals surface area contributed by atoms with Crippen LogP contribution in [0.3, 0.4) is 0 Å². The highest BCUT2D eigenvalue weighted by Crippen LogP contribution is 2.19. The molecule has 0 aliphatic carbocycles. The molecule has 1 heterocycles. The molecule has 28 heavy (non-hydrogen) atoms. The van der Waals surface area contributed by atoms with E-state index in [1.54, 1.807) is 0 Å². The summed E-state index contributed by atoms with van der Waals surface area (Å²) in [5.41, 5.74) is 3.75. The highest BCUT2D eigenvalue weighted by atomic mass is 127. The molecule has 156 valence electrons. The molecule has 0 amide bonds. The third-order valence-corrected chi connectivity index (χ3v) is 4.55. The third kappa shape index (κ3) is 5.89. The Morgan fingerprint density at radius 3 is 2.50 bits per heavy atom. The molecule has 1 unspecified atom stereocenters. The van der Waals surface area contributed by atoms with E-state index in [1.807, 2.05) is 25.6 Å². The predicted octanol–water partition coefficient (Wildman–Crippen LogP) is 4.26. The minimum atomic E-state index is -0.584. The zero-order valence-corrected chi connectivity index (χ0v) is 19.5. The van der Waals surface area contributed by atoms with E-state index in [1.165, 1.54) is 17.8 Å². The van der Waals surface area contributed by atoms with E-state index in [-0.39, 0.29) is 30.0 Å². The molecule has 0 bridgehead atoms. The van der Waals surface area contributed by atoms with E-state index in [2.05, 4.69) is 34.6 Å². The van der Waals surface area contributed by atoms with Gasteiger partial charge in [0.05, 0.1) is 18.3 Å². The molecule has 2 N–H and O–H groups in total. The van der Waals surface area contributed by atoms with Gasteiger partial charge in [0.15, 0.2) is 5.96 Å². The minimum Gasteiger partial charge on any atom is -0.357 e. The topological polar surface area (TPSA) is 54.2 Å². The van der Waals surface area contributed by atoms with E-state index in [4.69, 9.17) is 0 Å². The summed E-state index contributed by atoms with van der Waals surface area (Å²) in [6, 6.07) is 3.26. The largest absolute Gasteiger partial charge is 0.357 e. The van der Waals surface area contributed by atoms with Crippen molar-refractivity contribution in [1.29, 1.82) is 0 Å². The Labute approximate surface area is 183 Å². The summed E-state index contributed by atoms with van der Waals surface area (Å²) >= 11 is 0. The zero-order valence-electron chi connectivity index (χ0n) is 17.1. The summed E-state index contributed by atoms with van der Waals surface area (Å²) in [7, 11) is 1.95. The van der Waals surface area contributed by atoms with Crippen molar-refractivity contribution in [1.82, 2.24) is 20.4 Å². The van der Waals surface area contributed by atoms with Crippen LogP contribution >= 0.6 is 24.0 Å². The summed E-state index contributed by atoms with van der Waals surface area (Å²) in [4.78, 5) is 4.67. The van der Waals surface area contributed by atoms with Crippen LogP contribution in [0.25, 0.3) is 0 Å². The van der Waals surface area contributed by atoms with Crippen LogP contribution in [-0.4, -0.2) is 22.3 Å². The number of benzene rings is 1. The number of aryl methyl sites for hydroxylation is 2. The number of aliphatic imine (C=N–C) groups is 1. The Kier molecular flexibility index (Phi) is 9.84. The van der Waals surface area contributed by atoms with Gasteiger partial charge in [0.2, 0.25) is 0 Å². The molecule has 2 aromatic rings. The maximum atomic E-state index is 14.0. The van der Waals surface area contributed by atoms with E-state index >= 15 is 0 Å². The lowest BCUT2D eigenvalue weighted by atomic mass is 10.1. The summed E-state index contributed by atoms with van der Waals surface area (Å²) in [6.07, 6.45) is 1.73. The number of hydrogen-bond acceptors (Lipinski definition) is 2. The van der Waals surface area contributed by atoms with Gasteiger partial charge < -0.3 is 10.6 Å². The van der Waals surface area contributed by atoms with E-state index in [0.29, 0.717) is 24.6 Å². The van der Waals surface area contributed by atoms with Crippen molar-refractivity contribution in [2.75, 3.05) is 6.54 Å². The normalized spacial score (nSPS) is 12.5. The maximum absolute atomic E-state index is 14.0. The first-order valence-electron chi connectivity index (χ1n) is 9.44. The lowest BCUT2D eigenvalue weighted by Gasteiger charge is -2.19. The molecule has 1 aromatic heterocycles. The van der Waals surface area contributed by atoms with Gasteiger partial charge in [-0.1, -0.05) is 19.9 Å². The molecule has 0 spiro atoms. The fourth-order valence-electron chi connectivity index (χ4n) is 3.19. The minimum absolute atomic E-state index is 0. The summed E-state index contributed by atoms with van der Waals surface area (Å²) in [6.45, 7) is 9.15. The number of halogens is 3. The van der Waals surface area contributed by atoms with Crippen molar-refractivity contribution in [2.24, 2.45) is 12.0 Å². The Balaban J connectivity index is 0.00000392. The Hall–Kier alpha value is -1.71. The highest BCUT2D eigenvalue weighted by Gasteiger charge is 2.15. The van der Waals surface area contributed by atoms with Gasteiger partial charge in [-0.25, -0.2) is 13.8 Å². The second kappa shape index (κ2) is 11.3. The standard InChI is InChI=1S/C20H29F2N5.HI/c1-6-18-16(19(7-2)27(5)26-18)12-24-20(23-8-3)25-13(4)15-10-9-14(21)11-17(15)22;/h9-11,13H,6-8,12H2,1-5H3,(H2,23,24,25);1H. The molecule has 1 atom stereocenters. The SMILES string of the molecule is CCNC(=NCc1c(CC)nn(C)c1CC)NC(C)c1ccc(F)cc1F.I. The lowest BCUT2D eigenvalue weighted by molar-refractivity contribution is 0.551. The molecule has 2 rings (SSSR count). The Morgan fingerprint density at radius 2 is 1.93 bits per heavy atom. The molecular formula is C20H30F2IN5. The third-order valence-electron chi connectivity index (χ3n) is 4.55. The van der Waals surface area contributed by atoms with E-state index < -0.39 is 11.6 Å². The number of nitrogens with zero attached hydrogens (tertiary/aromatic N) is 3. The molecule has 0 aliphatic rings. The van der Waals surface area contributed by atoms with Crippen molar-refractivity contribution in [3.05, 3.63) is 52.3 Å². The molecule has 0 saturated carbocycles. The van der Waals surface area contributed by atoms with Crippen LogP contribution in [-0.2, 0) is 26.4 Å². The van der Waals surface area contributed by atoms with Crippen LogP contribution in [0.1, 0.15) is 56.3 Å². The number of guanidine groups is 1. The van der Waals surface area contributed by atoms with Crippen LogP contribution in [0.4, 0.5) is 8.78 Å². The second-order valence-corrected chi connectivity index (χ2v) is 6.43. The lowest BCUT2D eigenvalue weighted by Crippen LogP contribution is -2.39. The smallest absolute Gasteiger partial charge is 0.192 e. The molecule has 0 radical (unpaired) electrons. The van der Waals surface area contributed by atoms with Crippen LogP contribution in [0, 0.1) is 11.6 Å². The Bertz CT molecular complexity index is 804. The quantitative estimate of drug-likeness (QED) is 0.336. The number of hydrogen-bond donors (Lipinski definition) is 2. The van der Waals surface area contributed by atoms with Crippen molar-refractivity contribution in [3.63, 3.8) is 0 Å². The maximum Gasteiger partial charge on any atom is 0.192 e. The molecule has 0 aliphatic heterocycles. The molecule has 0 saturated heterocycles. The average Bonchev–Trinajstić information content (AvgIpc) is 2.94. The zero-order chi connectivity index (χ0) is 20.0. The molecule has 8 heteroatoms. The van der Waals surface area contributed by atoms with Crippen LogP contribution in [0.15, 0.2) is 23.2 Å². The van der Waals surface area contributed by atoms with Crippen molar-refractivity contribution in [3.8, 4) is 0 Å². The van der Waals surface area contributed by atoms with Gasteiger partial charge in [0.1, 0.15) is 11.6 Å². The van der Waals surface area contributed by atoms with Gasteiger partial charge in [-0.15, -0.1) is 24.0 Å². The number of aromatic nitrogens is 2. The van der Waals surface area contributed by atoms with Crippen LogP contribution < -0.4 is 10.6 Å². The first-order chi connectivity index (χ1) is 12.9. The van der Waals surface area contributed by atoms with Crippen LogP contribution in [0.5, 0.6) is 0 Å². The number of nitrogens with one attached hydrogen (secondary N) is 2. The molecule has 0 fully saturated rings. The first kappa shape index (κ1) is 24.3. The summed E-state index contributed by atoms with van der Waals surface area (Å²) in [5.74, 6) is -0.568. The highest BCUT2D eigenvalue weighted by molar-refractivity contribution is 14.0. The van der Waals surface area contributed by atoms with Gasteiger partial charge in [-0.2, -0.15) is 5.10 Å². The van der Waals surface area contributed by atoms with Gasteiger partial charge in [-0.3, -0.25) is 4.68 Å². The van der Waals surface area contributed by atoms with Crippen molar-refractivity contribution in [2.45, 2.75) is 53.1 Å². The average molecular weight is 505 g/mol. The van der Waals surface area contributed by atoms with Gasteiger partial charge >= 0.3 is 0 Å². The van der Waals surface area contributed by atoms with E-state index in [9.17, 15) is 8.78 Å². The summed E-state index contributed by atoms with van der Waals surface area (Å²) < 4.78 is 29.1. The van der Waals surface area contributed by atoms with Crippen LogP contribution in [0.2, 0.25) is 0 Å². The Morgan fingerprint density at radius 1 is 1.21 bits per heavy atom. The monoisotopic (exact) mass is 505 g/mol. The predicted molar refractivity (Wildman–Crippen MR) is 120 cm³/mol. The number of rotatable bonds is 7. The first-order valence-corrected chi connectivity index (χ1v) is 9.44. The second-order valence-electron chi connectivity index (χ2n) is 6.43. The van der Waals surface area contributed by atoms with E-state index in [0.717, 1.165) is 30.2 Å². The molecule has 5 nitrogen and oxygen atoms in total. The van der Waals surface area contributed by atoms with Gasteiger partial charge in [0, 0.05) is 36.5 Å².